The fraction of sp³-hybridized carbons (Fsp3) is 0.364. The summed E-state index contributed by atoms with van der Waals surface area (Å²) in [6.07, 6.45) is -0.600. The van der Waals surface area contributed by atoms with Crippen LogP contribution in [0.25, 0.3) is 0 Å². The first-order chi connectivity index (χ1) is 6.50. The van der Waals surface area contributed by atoms with Gasteiger partial charge in [-0.25, -0.2) is 0 Å². The maximum absolute atomic E-state index is 10.8. The molecular weight excluding hydrogens is 200 g/mol. The number of hydrogen-bond acceptors (Lipinski definition) is 2. The summed E-state index contributed by atoms with van der Waals surface area (Å²) in [4.78, 5) is 10.8. The average Bonchev–Trinajstić information content (AvgIpc) is 2.11. The molecule has 0 heterocycles. The summed E-state index contributed by atoms with van der Waals surface area (Å²) >= 11 is 5.31. The van der Waals surface area contributed by atoms with Gasteiger partial charge in [-0.3, -0.25) is 4.79 Å². The van der Waals surface area contributed by atoms with E-state index in [0.717, 1.165) is 11.1 Å². The second-order valence-electron chi connectivity index (χ2n) is 3.33. The van der Waals surface area contributed by atoms with Gasteiger partial charge in [0.1, 0.15) is 5.75 Å². The Morgan fingerprint density at radius 2 is 2.07 bits per heavy atom. The summed E-state index contributed by atoms with van der Waals surface area (Å²) in [5, 5.41) is -0.481. The number of ether oxygens (including phenoxy) is 1. The molecule has 3 heteroatoms. The van der Waals surface area contributed by atoms with Gasteiger partial charge in [0.15, 0.2) is 6.10 Å². The van der Waals surface area contributed by atoms with E-state index in [1.165, 1.54) is 0 Å². The average molecular weight is 213 g/mol. The van der Waals surface area contributed by atoms with Gasteiger partial charge in [-0.15, -0.1) is 0 Å². The van der Waals surface area contributed by atoms with Crippen LogP contribution in [0.5, 0.6) is 5.75 Å². The topological polar surface area (TPSA) is 26.3 Å². The Morgan fingerprint density at radius 1 is 1.43 bits per heavy atom. The predicted octanol–water partition coefficient (Wildman–Crippen LogP) is 2.84. The van der Waals surface area contributed by atoms with Gasteiger partial charge in [-0.05, 0) is 49.6 Å². The van der Waals surface area contributed by atoms with Crippen LogP contribution in [0.4, 0.5) is 0 Å². The van der Waals surface area contributed by atoms with Crippen molar-refractivity contribution in [3.63, 3.8) is 0 Å². The van der Waals surface area contributed by atoms with Crippen LogP contribution >= 0.6 is 11.6 Å². The Kier molecular flexibility index (Phi) is 3.53. The van der Waals surface area contributed by atoms with Crippen molar-refractivity contribution in [3.8, 4) is 5.75 Å². The first-order valence-electron chi connectivity index (χ1n) is 4.44. The zero-order valence-electron chi connectivity index (χ0n) is 8.50. The van der Waals surface area contributed by atoms with E-state index in [1.807, 2.05) is 32.0 Å². The van der Waals surface area contributed by atoms with Crippen molar-refractivity contribution >= 4 is 16.8 Å². The molecule has 1 aromatic rings. The van der Waals surface area contributed by atoms with E-state index in [2.05, 4.69) is 0 Å². The fourth-order valence-corrected chi connectivity index (χ4v) is 1.12. The molecule has 0 bridgehead atoms. The van der Waals surface area contributed by atoms with Gasteiger partial charge in [0, 0.05) is 0 Å². The molecule has 0 aliphatic carbocycles. The van der Waals surface area contributed by atoms with E-state index in [0.29, 0.717) is 5.75 Å². The van der Waals surface area contributed by atoms with Crippen LogP contribution in [0.1, 0.15) is 18.1 Å². The van der Waals surface area contributed by atoms with E-state index in [9.17, 15) is 4.79 Å². The zero-order chi connectivity index (χ0) is 10.7. The van der Waals surface area contributed by atoms with Crippen LogP contribution in [-0.4, -0.2) is 11.3 Å². The number of rotatable bonds is 3. The monoisotopic (exact) mass is 212 g/mol. The molecule has 1 atom stereocenters. The van der Waals surface area contributed by atoms with Gasteiger partial charge in [0.2, 0.25) is 0 Å². The van der Waals surface area contributed by atoms with Gasteiger partial charge in [0.25, 0.3) is 5.24 Å². The molecule has 1 unspecified atom stereocenters. The molecule has 0 saturated carbocycles. The van der Waals surface area contributed by atoms with E-state index >= 15 is 0 Å². The molecule has 0 saturated heterocycles. The predicted molar refractivity (Wildman–Crippen MR) is 56.9 cm³/mol. The highest BCUT2D eigenvalue weighted by atomic mass is 35.5. The van der Waals surface area contributed by atoms with Crippen LogP contribution in [0, 0.1) is 13.8 Å². The van der Waals surface area contributed by atoms with Crippen molar-refractivity contribution in [3.05, 3.63) is 29.3 Å². The van der Waals surface area contributed by atoms with Crippen LogP contribution in [0.15, 0.2) is 18.2 Å². The standard InChI is InChI=1S/C11H13ClO2/c1-7-4-5-8(2)10(6-7)14-9(3)11(12)13/h4-6,9H,1-3H3. The van der Waals surface area contributed by atoms with E-state index < -0.39 is 11.3 Å². The summed E-state index contributed by atoms with van der Waals surface area (Å²) in [6, 6.07) is 5.84. The lowest BCUT2D eigenvalue weighted by Gasteiger charge is -2.13. The van der Waals surface area contributed by atoms with Crippen LogP contribution in [0.3, 0.4) is 0 Å². The minimum atomic E-state index is -0.600. The van der Waals surface area contributed by atoms with Gasteiger partial charge in [-0.1, -0.05) is 12.1 Å². The third-order valence-electron chi connectivity index (χ3n) is 1.97. The molecule has 14 heavy (non-hydrogen) atoms. The second kappa shape index (κ2) is 4.47. The number of benzene rings is 1. The van der Waals surface area contributed by atoms with Gasteiger partial charge in [-0.2, -0.15) is 0 Å². The van der Waals surface area contributed by atoms with E-state index in [4.69, 9.17) is 16.3 Å². The molecule has 0 aliphatic rings. The summed E-state index contributed by atoms with van der Waals surface area (Å²) in [6.45, 7) is 5.54. The Bertz CT molecular complexity index is 347. The largest absolute Gasteiger partial charge is 0.481 e. The lowest BCUT2D eigenvalue weighted by molar-refractivity contribution is -0.117. The summed E-state index contributed by atoms with van der Waals surface area (Å²) in [5.41, 5.74) is 2.10. The maximum Gasteiger partial charge on any atom is 0.262 e. The van der Waals surface area contributed by atoms with Crippen molar-refractivity contribution in [2.45, 2.75) is 26.9 Å². The minimum absolute atomic E-state index is 0.481. The molecule has 0 amide bonds. The third-order valence-corrected chi connectivity index (χ3v) is 2.27. The molecule has 0 radical (unpaired) electrons. The normalized spacial score (nSPS) is 12.3. The highest BCUT2D eigenvalue weighted by Gasteiger charge is 2.12. The number of aryl methyl sites for hydroxylation is 2. The zero-order valence-corrected chi connectivity index (χ0v) is 9.26. The fourth-order valence-electron chi connectivity index (χ4n) is 1.07. The van der Waals surface area contributed by atoms with Crippen molar-refractivity contribution < 1.29 is 9.53 Å². The van der Waals surface area contributed by atoms with E-state index in [-0.39, 0.29) is 0 Å². The quantitative estimate of drug-likeness (QED) is 0.721. The Hall–Kier alpha value is -1.02. The molecule has 1 rings (SSSR count). The number of carbonyl (C=O) groups excluding carboxylic acids is 1. The molecule has 76 valence electrons. The Morgan fingerprint density at radius 3 is 2.64 bits per heavy atom. The van der Waals surface area contributed by atoms with Gasteiger partial charge in [0.05, 0.1) is 0 Å². The number of carbonyl (C=O) groups is 1. The Balaban J connectivity index is 2.85. The molecule has 0 spiro atoms. The molecular formula is C11H13ClO2. The molecule has 0 aliphatic heterocycles. The Labute approximate surface area is 88.8 Å². The SMILES string of the molecule is Cc1ccc(C)c(OC(C)C(=O)Cl)c1. The van der Waals surface area contributed by atoms with Gasteiger partial charge < -0.3 is 4.74 Å². The number of hydrogen-bond donors (Lipinski definition) is 0. The van der Waals surface area contributed by atoms with Crippen LogP contribution in [0.2, 0.25) is 0 Å². The third kappa shape index (κ3) is 2.74. The minimum Gasteiger partial charge on any atom is -0.481 e. The summed E-state index contributed by atoms with van der Waals surface area (Å²) in [5.74, 6) is 0.714. The molecule has 2 nitrogen and oxygen atoms in total. The van der Waals surface area contributed by atoms with Crippen molar-refractivity contribution in [1.82, 2.24) is 0 Å². The first-order valence-corrected chi connectivity index (χ1v) is 4.81. The lowest BCUT2D eigenvalue weighted by Crippen LogP contribution is -2.19. The van der Waals surface area contributed by atoms with E-state index in [1.54, 1.807) is 6.92 Å². The molecule has 0 aromatic heterocycles. The lowest BCUT2D eigenvalue weighted by atomic mass is 10.1. The van der Waals surface area contributed by atoms with Crippen molar-refractivity contribution in [2.24, 2.45) is 0 Å². The summed E-state index contributed by atoms with van der Waals surface area (Å²) in [7, 11) is 0. The highest BCUT2D eigenvalue weighted by Crippen LogP contribution is 2.20. The second-order valence-corrected chi connectivity index (χ2v) is 3.71. The van der Waals surface area contributed by atoms with Crippen LogP contribution in [-0.2, 0) is 4.79 Å². The molecule has 0 N–H and O–H groups in total. The maximum atomic E-state index is 10.8. The molecule has 0 fully saturated rings. The van der Waals surface area contributed by atoms with Crippen molar-refractivity contribution in [2.75, 3.05) is 0 Å². The van der Waals surface area contributed by atoms with Crippen LogP contribution < -0.4 is 4.74 Å². The van der Waals surface area contributed by atoms with Crippen molar-refractivity contribution in [1.29, 1.82) is 0 Å². The highest BCUT2D eigenvalue weighted by molar-refractivity contribution is 6.64. The molecule has 1 aromatic carbocycles. The number of halogens is 1. The smallest absolute Gasteiger partial charge is 0.262 e. The van der Waals surface area contributed by atoms with Gasteiger partial charge >= 0.3 is 0 Å². The summed E-state index contributed by atoms with van der Waals surface area (Å²) < 4.78 is 5.41. The first kappa shape index (κ1) is 11.1.